The first kappa shape index (κ1) is 13.6. The molecule has 2 N–H and O–H groups in total. The van der Waals surface area contributed by atoms with Gasteiger partial charge in [0.2, 0.25) is 10.0 Å². The Balaban J connectivity index is 1.95. The van der Waals surface area contributed by atoms with Crippen molar-refractivity contribution in [2.45, 2.75) is 11.4 Å². The highest BCUT2D eigenvalue weighted by atomic mass is 35.5. The van der Waals surface area contributed by atoms with Gasteiger partial charge in [0.25, 0.3) is 0 Å². The fourth-order valence-electron chi connectivity index (χ4n) is 1.35. The Kier molecular flexibility index (Phi) is 4.10. The van der Waals surface area contributed by atoms with Crippen molar-refractivity contribution in [3.05, 3.63) is 23.5 Å². The minimum Gasteiger partial charge on any atom is -0.229 e. The molecular weight excluding hydrogens is 296 g/mol. The smallest absolute Gasteiger partial charge is 0.209 e. The average molecular weight is 307 g/mol. The minimum absolute atomic E-state index is 0.0147. The maximum Gasteiger partial charge on any atom is 0.209 e. The zero-order chi connectivity index (χ0) is 13.2. The van der Waals surface area contributed by atoms with Crippen LogP contribution in [0.3, 0.4) is 0 Å². The summed E-state index contributed by atoms with van der Waals surface area (Å²) in [6.07, 6.45) is 2.11. The van der Waals surface area contributed by atoms with Crippen molar-refractivity contribution in [1.82, 2.24) is 14.6 Å². The summed E-state index contributed by atoms with van der Waals surface area (Å²) in [4.78, 5) is 4.04. The van der Waals surface area contributed by atoms with Crippen LogP contribution in [0.15, 0.2) is 23.4 Å². The lowest BCUT2D eigenvalue weighted by molar-refractivity contribution is 0.596. The number of imidazole rings is 1. The van der Waals surface area contributed by atoms with E-state index in [1.54, 1.807) is 16.8 Å². The van der Waals surface area contributed by atoms with Crippen molar-refractivity contribution in [3.8, 4) is 0 Å². The van der Waals surface area contributed by atoms with Crippen LogP contribution in [0, 0.1) is 0 Å². The van der Waals surface area contributed by atoms with Crippen LogP contribution in [-0.4, -0.2) is 34.5 Å². The van der Waals surface area contributed by atoms with Crippen LogP contribution in [0.2, 0.25) is 5.15 Å². The van der Waals surface area contributed by atoms with E-state index in [1.807, 2.05) is 6.07 Å². The second-order valence-electron chi connectivity index (χ2n) is 3.61. The predicted octanol–water partition coefficient (Wildman–Crippen LogP) is 1.15. The molecule has 2 aromatic rings. The van der Waals surface area contributed by atoms with Crippen LogP contribution >= 0.6 is 23.4 Å². The summed E-state index contributed by atoms with van der Waals surface area (Å²) in [5, 5.41) is 10.4. The van der Waals surface area contributed by atoms with Gasteiger partial charge in [0, 0.05) is 5.75 Å². The molecule has 2 aromatic heterocycles. The highest BCUT2D eigenvalue weighted by Crippen LogP contribution is 2.17. The van der Waals surface area contributed by atoms with Gasteiger partial charge in [-0.25, -0.2) is 23.1 Å². The van der Waals surface area contributed by atoms with Gasteiger partial charge < -0.3 is 0 Å². The number of nitrogens with two attached hydrogens (primary N) is 1. The third-order valence-corrected chi connectivity index (χ3v) is 4.14. The Labute approximate surface area is 114 Å². The van der Waals surface area contributed by atoms with E-state index in [0.29, 0.717) is 23.0 Å². The molecule has 0 fully saturated rings. The quantitative estimate of drug-likeness (QED) is 0.661. The first-order valence-electron chi connectivity index (χ1n) is 5.09. The maximum atomic E-state index is 10.7. The molecule has 9 heteroatoms. The average Bonchev–Trinajstić information content (AvgIpc) is 2.62. The Bertz CT molecular complexity index is 656. The van der Waals surface area contributed by atoms with Crippen molar-refractivity contribution in [2.75, 3.05) is 11.5 Å². The molecule has 98 valence electrons. The predicted molar refractivity (Wildman–Crippen MR) is 71.3 cm³/mol. The van der Waals surface area contributed by atoms with E-state index < -0.39 is 10.0 Å². The first-order chi connectivity index (χ1) is 8.44. The van der Waals surface area contributed by atoms with Crippen LogP contribution in [0.4, 0.5) is 0 Å². The van der Waals surface area contributed by atoms with Crippen molar-refractivity contribution in [1.29, 1.82) is 0 Å². The molecule has 6 nitrogen and oxygen atoms in total. The summed E-state index contributed by atoms with van der Waals surface area (Å²) >= 11 is 7.22. The molecule has 0 aliphatic heterocycles. The van der Waals surface area contributed by atoms with E-state index in [9.17, 15) is 8.42 Å². The molecule has 2 heterocycles. The zero-order valence-corrected chi connectivity index (χ0v) is 11.7. The van der Waals surface area contributed by atoms with Crippen LogP contribution in [0.25, 0.3) is 5.65 Å². The summed E-state index contributed by atoms with van der Waals surface area (Å²) in [5.74, 6) is 0.622. The molecular formula is C9H11ClN4O2S2. The molecule has 0 amide bonds. The van der Waals surface area contributed by atoms with Gasteiger partial charge in [-0.3, -0.25) is 0 Å². The van der Waals surface area contributed by atoms with Gasteiger partial charge in [0.15, 0.2) is 5.65 Å². The lowest BCUT2D eigenvalue weighted by Crippen LogP contribution is -2.16. The summed E-state index contributed by atoms with van der Waals surface area (Å²) in [7, 11) is -3.38. The van der Waals surface area contributed by atoms with Gasteiger partial charge in [0.1, 0.15) is 10.2 Å². The van der Waals surface area contributed by atoms with E-state index in [4.69, 9.17) is 16.7 Å². The number of aromatic nitrogens is 3. The van der Waals surface area contributed by atoms with E-state index in [1.165, 1.54) is 11.8 Å². The van der Waals surface area contributed by atoms with Crippen molar-refractivity contribution < 1.29 is 8.42 Å². The van der Waals surface area contributed by atoms with Crippen molar-refractivity contribution in [3.63, 3.8) is 0 Å². The molecule has 0 aliphatic rings. The lowest BCUT2D eigenvalue weighted by atomic mass is 10.6. The van der Waals surface area contributed by atoms with E-state index in [0.717, 1.165) is 5.03 Å². The van der Waals surface area contributed by atoms with Gasteiger partial charge in [-0.05, 0) is 18.6 Å². The Morgan fingerprint density at radius 3 is 2.94 bits per heavy atom. The number of halogens is 1. The summed E-state index contributed by atoms with van der Waals surface area (Å²) in [6, 6.07) is 3.63. The molecule has 0 aliphatic carbocycles. The topological polar surface area (TPSA) is 90.4 Å². The standard InChI is InChI=1S/C9H11ClN4O2S2/c10-7-6-14-8(12-7)2-3-9(13-14)17-4-1-5-18(11,15)16/h2-3,6H,1,4-5H2,(H2,11,15,16). The van der Waals surface area contributed by atoms with Crippen LogP contribution < -0.4 is 5.14 Å². The Morgan fingerprint density at radius 1 is 1.44 bits per heavy atom. The largest absolute Gasteiger partial charge is 0.229 e. The van der Waals surface area contributed by atoms with E-state index in [2.05, 4.69) is 10.1 Å². The molecule has 0 saturated heterocycles. The third-order valence-electron chi connectivity index (χ3n) is 2.09. The number of hydrogen-bond donors (Lipinski definition) is 1. The Hall–Kier alpha value is -0.830. The molecule has 0 atom stereocenters. The fourth-order valence-corrected chi connectivity index (χ4v) is 3.07. The maximum absolute atomic E-state index is 10.7. The molecule has 0 unspecified atom stereocenters. The molecule has 0 saturated carbocycles. The number of primary sulfonamides is 1. The number of nitrogens with zero attached hydrogens (tertiary/aromatic N) is 3. The number of rotatable bonds is 5. The fraction of sp³-hybridized carbons (Fsp3) is 0.333. The zero-order valence-electron chi connectivity index (χ0n) is 9.28. The molecule has 18 heavy (non-hydrogen) atoms. The van der Waals surface area contributed by atoms with E-state index >= 15 is 0 Å². The lowest BCUT2D eigenvalue weighted by Gasteiger charge is -2.01. The molecule has 0 radical (unpaired) electrons. The van der Waals surface area contributed by atoms with Crippen molar-refractivity contribution >= 4 is 39.0 Å². The SMILES string of the molecule is NS(=O)(=O)CCCSc1ccc2nc(Cl)cn2n1. The van der Waals surface area contributed by atoms with Gasteiger partial charge in [-0.1, -0.05) is 11.6 Å². The van der Waals surface area contributed by atoms with Crippen molar-refractivity contribution in [2.24, 2.45) is 5.14 Å². The molecule has 0 spiro atoms. The van der Waals surface area contributed by atoms with Crippen LogP contribution in [0.1, 0.15) is 6.42 Å². The second-order valence-corrected chi connectivity index (χ2v) is 6.84. The monoisotopic (exact) mass is 306 g/mol. The molecule has 0 bridgehead atoms. The van der Waals surface area contributed by atoms with Crippen LogP contribution in [-0.2, 0) is 10.0 Å². The first-order valence-corrected chi connectivity index (χ1v) is 8.17. The highest BCUT2D eigenvalue weighted by Gasteiger charge is 2.05. The minimum atomic E-state index is -3.38. The second kappa shape index (κ2) is 5.43. The van der Waals surface area contributed by atoms with Gasteiger partial charge >= 0.3 is 0 Å². The number of sulfonamides is 1. The third kappa shape index (κ3) is 3.84. The normalized spacial score (nSPS) is 12.1. The van der Waals surface area contributed by atoms with Crippen LogP contribution in [0.5, 0.6) is 0 Å². The summed E-state index contributed by atoms with van der Waals surface area (Å²) in [5.41, 5.74) is 0.675. The van der Waals surface area contributed by atoms with Gasteiger partial charge in [-0.2, -0.15) is 5.10 Å². The molecule has 0 aromatic carbocycles. The summed E-state index contributed by atoms with van der Waals surface area (Å²) < 4.78 is 23.1. The highest BCUT2D eigenvalue weighted by molar-refractivity contribution is 7.99. The number of hydrogen-bond acceptors (Lipinski definition) is 5. The number of thioether (sulfide) groups is 1. The number of fused-ring (bicyclic) bond motifs is 1. The van der Waals surface area contributed by atoms with Gasteiger partial charge in [0.05, 0.1) is 11.9 Å². The Morgan fingerprint density at radius 2 is 2.22 bits per heavy atom. The molecule has 2 rings (SSSR count). The van der Waals surface area contributed by atoms with E-state index in [-0.39, 0.29) is 5.75 Å². The summed E-state index contributed by atoms with van der Waals surface area (Å²) in [6.45, 7) is 0. The van der Waals surface area contributed by atoms with Gasteiger partial charge in [-0.15, -0.1) is 11.8 Å².